The van der Waals surface area contributed by atoms with Crippen molar-refractivity contribution in [3.63, 3.8) is 0 Å². The summed E-state index contributed by atoms with van der Waals surface area (Å²) < 4.78 is 1.78. The zero-order valence-corrected chi connectivity index (χ0v) is 12.2. The van der Waals surface area contributed by atoms with Gasteiger partial charge in [0.1, 0.15) is 0 Å². The lowest BCUT2D eigenvalue weighted by molar-refractivity contribution is -0.142. The third kappa shape index (κ3) is 4.47. The number of carboxylic acid groups (broad SMARTS) is 1. The van der Waals surface area contributed by atoms with Crippen LogP contribution in [0, 0.1) is 5.92 Å². The van der Waals surface area contributed by atoms with E-state index in [0.29, 0.717) is 19.4 Å². The molecular weight excluding hydrogens is 272 g/mol. The van der Waals surface area contributed by atoms with Crippen LogP contribution in [0.2, 0.25) is 0 Å². The monoisotopic (exact) mass is 294 g/mol. The molecule has 1 aromatic heterocycles. The van der Waals surface area contributed by atoms with Gasteiger partial charge in [0.15, 0.2) is 0 Å². The molecule has 0 saturated heterocycles. The highest BCUT2D eigenvalue weighted by Crippen LogP contribution is 2.24. The highest BCUT2D eigenvalue weighted by molar-refractivity contribution is 5.74. The number of nitrogens with zero attached hydrogens (tertiary/aromatic N) is 2. The van der Waals surface area contributed by atoms with Crippen LogP contribution in [-0.2, 0) is 18.3 Å². The molecule has 0 bridgehead atoms. The van der Waals surface area contributed by atoms with Crippen molar-refractivity contribution in [1.29, 1.82) is 0 Å². The quantitative estimate of drug-likeness (QED) is 0.752. The maximum atomic E-state index is 11.8. The summed E-state index contributed by atoms with van der Waals surface area (Å²) in [5.41, 5.74) is 1.07. The molecule has 116 valence electrons. The number of hydrogen-bond donors (Lipinski definition) is 3. The number of carbonyl (C=O) groups excluding carboxylic acids is 1. The number of urea groups is 1. The van der Waals surface area contributed by atoms with Crippen LogP contribution in [0.4, 0.5) is 4.79 Å². The molecule has 2 amide bonds. The van der Waals surface area contributed by atoms with E-state index < -0.39 is 5.97 Å². The van der Waals surface area contributed by atoms with Crippen molar-refractivity contribution in [2.45, 2.75) is 38.1 Å². The predicted octanol–water partition coefficient (Wildman–Crippen LogP) is 0.905. The maximum absolute atomic E-state index is 11.8. The minimum absolute atomic E-state index is 0.0808. The normalized spacial score (nSPS) is 21.8. The Morgan fingerprint density at radius 3 is 2.67 bits per heavy atom. The second-order valence-electron chi connectivity index (χ2n) is 5.48. The second kappa shape index (κ2) is 7.10. The molecule has 1 aliphatic carbocycles. The highest BCUT2D eigenvalue weighted by Gasteiger charge is 2.26. The average molecular weight is 294 g/mol. The van der Waals surface area contributed by atoms with Crippen molar-refractivity contribution in [3.05, 3.63) is 18.0 Å². The van der Waals surface area contributed by atoms with Crippen molar-refractivity contribution >= 4 is 12.0 Å². The van der Waals surface area contributed by atoms with E-state index >= 15 is 0 Å². The lowest BCUT2D eigenvalue weighted by Gasteiger charge is -2.26. The second-order valence-corrected chi connectivity index (χ2v) is 5.48. The van der Waals surface area contributed by atoms with E-state index in [-0.39, 0.29) is 18.0 Å². The van der Waals surface area contributed by atoms with Gasteiger partial charge < -0.3 is 15.7 Å². The Bertz CT molecular complexity index is 492. The largest absolute Gasteiger partial charge is 0.481 e. The predicted molar refractivity (Wildman–Crippen MR) is 76.8 cm³/mol. The lowest BCUT2D eigenvalue weighted by Crippen LogP contribution is -2.44. The van der Waals surface area contributed by atoms with Gasteiger partial charge in [-0.1, -0.05) is 0 Å². The number of aliphatic carboxylic acids is 1. The SMILES string of the molecule is Cn1nccc1CCNC(=O)NC1CCC(C(=O)O)CC1. The smallest absolute Gasteiger partial charge is 0.315 e. The summed E-state index contributed by atoms with van der Waals surface area (Å²) in [6.07, 6.45) is 5.19. The van der Waals surface area contributed by atoms with Crippen molar-refractivity contribution in [2.24, 2.45) is 13.0 Å². The van der Waals surface area contributed by atoms with Gasteiger partial charge in [-0.25, -0.2) is 4.79 Å². The number of carboxylic acids is 1. The summed E-state index contributed by atoms with van der Waals surface area (Å²) in [5, 5.41) is 18.7. The number of rotatable bonds is 5. The fourth-order valence-corrected chi connectivity index (χ4v) is 2.67. The lowest BCUT2D eigenvalue weighted by atomic mass is 9.86. The number of aromatic nitrogens is 2. The summed E-state index contributed by atoms with van der Waals surface area (Å²) in [6.45, 7) is 0.551. The molecule has 3 N–H and O–H groups in total. The van der Waals surface area contributed by atoms with Gasteiger partial charge in [0.25, 0.3) is 0 Å². The number of amides is 2. The van der Waals surface area contributed by atoms with Gasteiger partial charge in [-0.15, -0.1) is 0 Å². The maximum Gasteiger partial charge on any atom is 0.315 e. The Kier molecular flexibility index (Phi) is 5.19. The number of aryl methyl sites for hydroxylation is 1. The number of hydrogen-bond acceptors (Lipinski definition) is 3. The topological polar surface area (TPSA) is 96.3 Å². The van der Waals surface area contributed by atoms with Crippen molar-refractivity contribution < 1.29 is 14.7 Å². The van der Waals surface area contributed by atoms with Gasteiger partial charge >= 0.3 is 12.0 Å². The standard InChI is InChI=1S/C14H22N4O3/c1-18-12(7-9-16-18)6-8-15-14(21)17-11-4-2-10(3-5-11)13(19)20/h7,9-11H,2-6,8H2,1H3,(H,19,20)(H2,15,17,21). The van der Waals surface area contributed by atoms with Crippen LogP contribution in [0.25, 0.3) is 0 Å². The first-order valence-electron chi connectivity index (χ1n) is 7.30. The first-order valence-corrected chi connectivity index (χ1v) is 7.30. The minimum atomic E-state index is -0.728. The van der Waals surface area contributed by atoms with Crippen LogP contribution in [0.3, 0.4) is 0 Å². The van der Waals surface area contributed by atoms with E-state index in [9.17, 15) is 9.59 Å². The van der Waals surface area contributed by atoms with Gasteiger partial charge in [0.2, 0.25) is 0 Å². The molecule has 0 aliphatic heterocycles. The van der Waals surface area contributed by atoms with E-state index in [1.807, 2.05) is 13.1 Å². The summed E-state index contributed by atoms with van der Waals surface area (Å²) in [4.78, 5) is 22.6. The van der Waals surface area contributed by atoms with Gasteiger partial charge in [-0.3, -0.25) is 9.48 Å². The van der Waals surface area contributed by atoms with E-state index in [1.54, 1.807) is 10.9 Å². The molecular formula is C14H22N4O3. The van der Waals surface area contributed by atoms with Crippen LogP contribution in [-0.4, -0.2) is 39.5 Å². The molecule has 1 aromatic rings. The van der Waals surface area contributed by atoms with Crippen LogP contribution in [0.5, 0.6) is 0 Å². The van der Waals surface area contributed by atoms with E-state index in [2.05, 4.69) is 15.7 Å². The first-order chi connectivity index (χ1) is 10.1. The molecule has 0 radical (unpaired) electrons. The number of carbonyl (C=O) groups is 2. The Balaban J connectivity index is 1.64. The van der Waals surface area contributed by atoms with E-state index in [4.69, 9.17) is 5.11 Å². The molecule has 1 heterocycles. The fourth-order valence-electron chi connectivity index (χ4n) is 2.67. The van der Waals surface area contributed by atoms with Crippen molar-refractivity contribution in [2.75, 3.05) is 6.54 Å². The molecule has 0 aromatic carbocycles. The third-order valence-electron chi connectivity index (χ3n) is 4.00. The van der Waals surface area contributed by atoms with Gasteiger partial charge in [0.05, 0.1) is 5.92 Å². The molecule has 2 rings (SSSR count). The van der Waals surface area contributed by atoms with Crippen LogP contribution < -0.4 is 10.6 Å². The summed E-state index contributed by atoms with van der Waals surface area (Å²) >= 11 is 0. The minimum Gasteiger partial charge on any atom is -0.481 e. The zero-order chi connectivity index (χ0) is 15.2. The molecule has 7 heteroatoms. The fraction of sp³-hybridized carbons (Fsp3) is 0.643. The van der Waals surface area contributed by atoms with Gasteiger partial charge in [-0.2, -0.15) is 5.10 Å². The summed E-state index contributed by atoms with van der Waals surface area (Å²) in [5.74, 6) is -0.981. The van der Waals surface area contributed by atoms with E-state index in [1.165, 1.54) is 0 Å². The van der Waals surface area contributed by atoms with E-state index in [0.717, 1.165) is 25.0 Å². The summed E-state index contributed by atoms with van der Waals surface area (Å²) in [7, 11) is 1.87. The molecule has 7 nitrogen and oxygen atoms in total. The summed E-state index contributed by atoms with van der Waals surface area (Å²) in [6, 6.07) is 1.82. The molecule has 1 aliphatic rings. The molecule has 0 unspecified atom stereocenters. The van der Waals surface area contributed by atoms with Crippen LogP contribution in [0.15, 0.2) is 12.3 Å². The Morgan fingerprint density at radius 2 is 2.10 bits per heavy atom. The number of nitrogens with one attached hydrogen (secondary N) is 2. The van der Waals surface area contributed by atoms with Crippen LogP contribution >= 0.6 is 0 Å². The third-order valence-corrected chi connectivity index (χ3v) is 4.00. The molecule has 1 saturated carbocycles. The first kappa shape index (κ1) is 15.3. The van der Waals surface area contributed by atoms with Crippen molar-refractivity contribution in [3.8, 4) is 0 Å². The van der Waals surface area contributed by atoms with Gasteiger partial charge in [-0.05, 0) is 31.7 Å². The average Bonchev–Trinajstić information content (AvgIpc) is 2.85. The Labute approximate surface area is 123 Å². The molecule has 1 fully saturated rings. The Hall–Kier alpha value is -2.05. The Morgan fingerprint density at radius 1 is 1.38 bits per heavy atom. The molecule has 21 heavy (non-hydrogen) atoms. The van der Waals surface area contributed by atoms with Crippen molar-refractivity contribution in [1.82, 2.24) is 20.4 Å². The zero-order valence-electron chi connectivity index (χ0n) is 12.2. The highest BCUT2D eigenvalue weighted by atomic mass is 16.4. The van der Waals surface area contributed by atoms with Gasteiger partial charge in [0, 0.05) is 37.9 Å². The molecule has 0 atom stereocenters. The molecule has 0 spiro atoms. The van der Waals surface area contributed by atoms with Crippen LogP contribution in [0.1, 0.15) is 31.4 Å².